The van der Waals surface area contributed by atoms with Crippen LogP contribution in [0.5, 0.6) is 5.75 Å². The summed E-state index contributed by atoms with van der Waals surface area (Å²) in [5.41, 5.74) is 1.37. The van der Waals surface area contributed by atoms with Crippen LogP contribution in [0, 0.1) is 5.92 Å². The number of hydrogen-bond donors (Lipinski definition) is 2. The number of carbonyl (C=O) groups is 1. The number of rotatable bonds is 5. The average molecular weight is 437 g/mol. The number of alkyl halides is 3. The zero-order valence-corrected chi connectivity index (χ0v) is 16.5. The molecule has 2 atom stereocenters. The summed E-state index contributed by atoms with van der Waals surface area (Å²) in [5.74, 6) is -0.232. The summed E-state index contributed by atoms with van der Waals surface area (Å²) in [7, 11) is 0. The molecule has 0 bridgehead atoms. The van der Waals surface area contributed by atoms with Crippen LogP contribution in [0.4, 0.5) is 18.9 Å². The summed E-state index contributed by atoms with van der Waals surface area (Å²) >= 11 is 5.30. The van der Waals surface area contributed by atoms with E-state index in [2.05, 4.69) is 20.4 Å². The number of ether oxygens (including phenoxy) is 2. The first-order chi connectivity index (χ1) is 14.2. The number of halogens is 3. The second-order valence-corrected chi connectivity index (χ2v) is 7.75. The van der Waals surface area contributed by atoms with Crippen molar-refractivity contribution in [3.8, 4) is 5.75 Å². The number of aromatic nitrogens is 1. The molecule has 0 unspecified atom stereocenters. The fourth-order valence-electron chi connectivity index (χ4n) is 3.52. The molecule has 2 aromatic rings. The number of nitrogens with one attached hydrogen (secondary N) is 2. The Balaban J connectivity index is 1.43. The molecule has 1 aromatic carbocycles. The number of thiocarbonyl (C=S) groups is 1. The van der Waals surface area contributed by atoms with Gasteiger partial charge in [-0.3, -0.25) is 4.79 Å². The number of nitrogens with zero attached hydrogens (tertiary/aromatic N) is 1. The van der Waals surface area contributed by atoms with Crippen LogP contribution in [0.25, 0.3) is 0 Å². The van der Waals surface area contributed by atoms with Crippen molar-refractivity contribution in [3.05, 3.63) is 53.9 Å². The molecule has 0 radical (unpaired) electrons. The van der Waals surface area contributed by atoms with Gasteiger partial charge in [-0.2, -0.15) is 13.2 Å². The summed E-state index contributed by atoms with van der Waals surface area (Å²) in [6, 6.07) is 10.0. The van der Waals surface area contributed by atoms with Crippen LogP contribution in [-0.2, 0) is 10.3 Å². The van der Waals surface area contributed by atoms with Gasteiger partial charge in [0.25, 0.3) is 5.91 Å². The second-order valence-electron chi connectivity index (χ2n) is 7.25. The van der Waals surface area contributed by atoms with Gasteiger partial charge in [0, 0.05) is 11.6 Å². The first-order valence-corrected chi connectivity index (χ1v) is 9.62. The van der Waals surface area contributed by atoms with Crippen molar-refractivity contribution in [2.75, 3.05) is 25.1 Å². The Morgan fingerprint density at radius 1 is 1.37 bits per heavy atom. The van der Waals surface area contributed by atoms with Gasteiger partial charge >= 0.3 is 6.18 Å². The van der Waals surface area contributed by atoms with Crippen molar-refractivity contribution in [2.45, 2.75) is 18.1 Å². The number of hydrogen-bond acceptors (Lipinski definition) is 5. The predicted octanol–water partition coefficient (Wildman–Crippen LogP) is 3.44. The van der Waals surface area contributed by atoms with E-state index in [1.54, 1.807) is 6.07 Å². The number of benzene rings is 1. The monoisotopic (exact) mass is 437 g/mol. The molecule has 10 heteroatoms. The Morgan fingerprint density at radius 3 is 2.93 bits per heavy atom. The predicted molar refractivity (Wildman–Crippen MR) is 107 cm³/mol. The Bertz CT molecular complexity index is 968. The molecule has 2 N–H and O–H groups in total. The van der Waals surface area contributed by atoms with Gasteiger partial charge in [0.15, 0.2) is 6.61 Å². The minimum absolute atomic E-state index is 0.0596. The average Bonchev–Trinajstić information content (AvgIpc) is 3.41. The third kappa shape index (κ3) is 4.54. The normalized spacial score (nSPS) is 23.0. The highest BCUT2D eigenvalue weighted by Gasteiger charge is 2.57. The smallest absolute Gasteiger partial charge is 0.422 e. The van der Waals surface area contributed by atoms with Crippen LogP contribution in [-0.4, -0.2) is 41.9 Å². The molecule has 1 aliphatic carbocycles. The molecule has 1 aliphatic heterocycles. The Hall–Kier alpha value is -2.72. The molecule has 1 saturated heterocycles. The standard InChI is InChI=1S/C20H18F3N3O3S/c21-20(22,23)11-29-15-4-5-16(24-8-15)18(27)25-14-3-1-2-12(6-14)19-7-13(19)9-28-10-17(30)26-19/h1-6,8,13H,7,9-11H2,(H,25,27)(H,26,30)/t13-,19+/m0/s1. The van der Waals surface area contributed by atoms with Crippen LogP contribution >= 0.6 is 12.2 Å². The molecule has 1 amide bonds. The zero-order valence-electron chi connectivity index (χ0n) is 15.7. The summed E-state index contributed by atoms with van der Waals surface area (Å²) in [4.78, 5) is 17.0. The van der Waals surface area contributed by atoms with E-state index >= 15 is 0 Å². The first kappa shape index (κ1) is 20.5. The highest BCUT2D eigenvalue weighted by molar-refractivity contribution is 7.80. The summed E-state index contributed by atoms with van der Waals surface area (Å²) in [6.45, 7) is -0.396. The highest BCUT2D eigenvalue weighted by Crippen LogP contribution is 2.53. The van der Waals surface area contributed by atoms with E-state index in [-0.39, 0.29) is 17.0 Å². The summed E-state index contributed by atoms with van der Waals surface area (Å²) in [5, 5.41) is 6.14. The van der Waals surface area contributed by atoms with Crippen molar-refractivity contribution < 1.29 is 27.4 Å². The third-order valence-corrected chi connectivity index (χ3v) is 5.25. The zero-order chi connectivity index (χ0) is 21.4. The van der Waals surface area contributed by atoms with Crippen LogP contribution in [0.2, 0.25) is 0 Å². The lowest BCUT2D eigenvalue weighted by Gasteiger charge is -2.20. The van der Waals surface area contributed by atoms with Crippen molar-refractivity contribution in [2.24, 2.45) is 5.92 Å². The molecule has 2 fully saturated rings. The summed E-state index contributed by atoms with van der Waals surface area (Å²) < 4.78 is 46.8. The molecule has 1 saturated carbocycles. The summed E-state index contributed by atoms with van der Waals surface area (Å²) in [6.07, 6.45) is -2.46. The fraction of sp³-hybridized carbons (Fsp3) is 0.350. The molecular formula is C20H18F3N3O3S. The number of pyridine rings is 1. The van der Waals surface area contributed by atoms with Gasteiger partial charge in [0.1, 0.15) is 16.4 Å². The molecule has 6 nitrogen and oxygen atoms in total. The van der Waals surface area contributed by atoms with Gasteiger partial charge in [-0.1, -0.05) is 24.4 Å². The molecular weight excluding hydrogens is 419 g/mol. The van der Waals surface area contributed by atoms with Gasteiger partial charge in [-0.05, 0) is 36.2 Å². The molecule has 0 spiro atoms. The van der Waals surface area contributed by atoms with Crippen LogP contribution < -0.4 is 15.4 Å². The molecule has 1 aromatic heterocycles. The van der Waals surface area contributed by atoms with Gasteiger partial charge in [-0.15, -0.1) is 0 Å². The molecule has 158 valence electrons. The molecule has 4 rings (SSSR count). The Morgan fingerprint density at radius 2 is 2.20 bits per heavy atom. The van der Waals surface area contributed by atoms with Gasteiger partial charge < -0.3 is 20.1 Å². The van der Waals surface area contributed by atoms with Crippen LogP contribution in [0.3, 0.4) is 0 Å². The van der Waals surface area contributed by atoms with Gasteiger partial charge in [-0.25, -0.2) is 4.98 Å². The lowest BCUT2D eigenvalue weighted by atomic mass is 10.0. The maximum atomic E-state index is 12.5. The molecule has 30 heavy (non-hydrogen) atoms. The van der Waals surface area contributed by atoms with E-state index < -0.39 is 18.7 Å². The molecule has 2 aliphatic rings. The first-order valence-electron chi connectivity index (χ1n) is 9.21. The Labute approximate surface area is 175 Å². The van der Waals surface area contributed by atoms with Gasteiger partial charge in [0.2, 0.25) is 0 Å². The topological polar surface area (TPSA) is 72.5 Å². The van der Waals surface area contributed by atoms with E-state index in [4.69, 9.17) is 17.0 Å². The lowest BCUT2D eigenvalue weighted by Crippen LogP contribution is -2.35. The number of amides is 1. The van der Waals surface area contributed by atoms with Crippen molar-refractivity contribution in [3.63, 3.8) is 0 Å². The van der Waals surface area contributed by atoms with Crippen LogP contribution in [0.15, 0.2) is 42.6 Å². The lowest BCUT2D eigenvalue weighted by molar-refractivity contribution is -0.153. The van der Waals surface area contributed by atoms with Crippen LogP contribution in [0.1, 0.15) is 22.5 Å². The number of carbonyl (C=O) groups excluding carboxylic acids is 1. The number of anilines is 1. The molecule has 2 heterocycles. The quantitative estimate of drug-likeness (QED) is 0.699. The van der Waals surface area contributed by atoms with Gasteiger partial charge in [0.05, 0.1) is 24.9 Å². The van der Waals surface area contributed by atoms with E-state index in [9.17, 15) is 18.0 Å². The van der Waals surface area contributed by atoms with E-state index in [1.165, 1.54) is 12.1 Å². The minimum Gasteiger partial charge on any atom is -0.483 e. The third-order valence-electron chi connectivity index (χ3n) is 5.03. The minimum atomic E-state index is -4.44. The van der Waals surface area contributed by atoms with E-state index in [0.29, 0.717) is 29.8 Å². The SMILES string of the molecule is O=C(Nc1cccc([C@]23C[C@H]2COCC(=S)N3)c1)c1ccc(OCC(F)(F)F)cn1. The maximum Gasteiger partial charge on any atom is 0.422 e. The van der Waals surface area contributed by atoms with Crippen molar-refractivity contribution >= 4 is 28.8 Å². The second kappa shape index (κ2) is 7.84. The van der Waals surface area contributed by atoms with E-state index in [1.807, 2.05) is 18.2 Å². The largest absolute Gasteiger partial charge is 0.483 e. The van der Waals surface area contributed by atoms with E-state index in [0.717, 1.165) is 18.2 Å². The maximum absolute atomic E-state index is 12.5. The van der Waals surface area contributed by atoms with Crippen molar-refractivity contribution in [1.29, 1.82) is 0 Å². The van der Waals surface area contributed by atoms with Crippen molar-refractivity contribution in [1.82, 2.24) is 10.3 Å². The fourth-order valence-corrected chi connectivity index (χ4v) is 3.79. The number of fused-ring (bicyclic) bond motifs is 1. The highest BCUT2D eigenvalue weighted by atomic mass is 32.1. The Kier molecular flexibility index (Phi) is 5.37.